The fourth-order valence-corrected chi connectivity index (χ4v) is 2.88. The summed E-state index contributed by atoms with van der Waals surface area (Å²) < 4.78 is 0. The molecular formula is C14H16ClN3O3S. The predicted molar refractivity (Wildman–Crippen MR) is 88.2 cm³/mol. The smallest absolute Gasteiger partial charge is 0.288 e. The van der Waals surface area contributed by atoms with Crippen LogP contribution in [0.5, 0.6) is 0 Å². The van der Waals surface area contributed by atoms with Crippen molar-refractivity contribution in [2.45, 2.75) is 38.1 Å². The van der Waals surface area contributed by atoms with Crippen LogP contribution < -0.4 is 10.6 Å². The van der Waals surface area contributed by atoms with Gasteiger partial charge in [0.2, 0.25) is 0 Å². The number of nitrogens with zero attached hydrogens (tertiary/aromatic N) is 1. The Hall–Kier alpha value is -1.73. The van der Waals surface area contributed by atoms with E-state index < -0.39 is 10.8 Å². The van der Waals surface area contributed by atoms with E-state index in [1.165, 1.54) is 18.6 Å². The van der Waals surface area contributed by atoms with Gasteiger partial charge in [0, 0.05) is 17.7 Å². The fourth-order valence-electron chi connectivity index (χ4n) is 2.44. The molecule has 0 atom stereocenters. The van der Waals surface area contributed by atoms with Crippen LogP contribution in [-0.4, -0.2) is 22.0 Å². The molecule has 0 aliphatic heterocycles. The predicted octanol–water partition coefficient (Wildman–Crippen LogP) is 3.19. The lowest BCUT2D eigenvalue weighted by Crippen LogP contribution is -2.45. The fraction of sp³-hybridized carbons (Fsp3) is 0.429. The van der Waals surface area contributed by atoms with Gasteiger partial charge in [-0.15, -0.1) is 0 Å². The highest BCUT2D eigenvalue weighted by Crippen LogP contribution is 2.25. The minimum absolute atomic E-state index is 0.00976. The van der Waals surface area contributed by atoms with Crippen molar-refractivity contribution in [2.24, 2.45) is 0 Å². The summed E-state index contributed by atoms with van der Waals surface area (Å²) >= 11 is 10.8. The first-order chi connectivity index (χ1) is 10.5. The minimum Gasteiger partial charge on any atom is -0.360 e. The van der Waals surface area contributed by atoms with Gasteiger partial charge in [-0.25, -0.2) is 0 Å². The third-order valence-electron chi connectivity index (χ3n) is 3.57. The molecule has 1 aliphatic carbocycles. The van der Waals surface area contributed by atoms with Crippen LogP contribution in [0.15, 0.2) is 18.2 Å². The van der Waals surface area contributed by atoms with E-state index in [4.69, 9.17) is 23.8 Å². The lowest BCUT2D eigenvalue weighted by Gasteiger charge is -2.24. The Morgan fingerprint density at radius 3 is 2.64 bits per heavy atom. The quantitative estimate of drug-likeness (QED) is 0.501. The maximum Gasteiger partial charge on any atom is 0.288 e. The highest BCUT2D eigenvalue weighted by atomic mass is 35.5. The summed E-state index contributed by atoms with van der Waals surface area (Å²) in [6, 6.07) is 4.17. The Bertz CT molecular complexity index is 603. The highest BCUT2D eigenvalue weighted by molar-refractivity contribution is 7.80. The molecule has 0 radical (unpaired) electrons. The van der Waals surface area contributed by atoms with Crippen molar-refractivity contribution >= 4 is 40.5 Å². The number of amides is 1. The molecule has 1 aromatic carbocycles. The number of thiocarbonyl (C=S) groups is 1. The summed E-state index contributed by atoms with van der Waals surface area (Å²) in [5.41, 5.74) is -0.163. The van der Waals surface area contributed by atoms with Gasteiger partial charge < -0.3 is 5.32 Å². The van der Waals surface area contributed by atoms with E-state index in [-0.39, 0.29) is 27.4 Å². The number of halogens is 1. The summed E-state index contributed by atoms with van der Waals surface area (Å²) in [6.45, 7) is 0. The molecule has 0 unspecified atom stereocenters. The molecule has 0 saturated heterocycles. The Kier molecular flexibility index (Phi) is 5.68. The van der Waals surface area contributed by atoms with Crippen LogP contribution in [0, 0.1) is 10.1 Å². The molecule has 1 saturated carbocycles. The van der Waals surface area contributed by atoms with Crippen molar-refractivity contribution in [3.05, 3.63) is 38.9 Å². The summed E-state index contributed by atoms with van der Waals surface area (Å²) in [5.74, 6) is -0.493. The molecule has 1 amide bonds. The average Bonchev–Trinajstić information content (AvgIpc) is 2.48. The van der Waals surface area contributed by atoms with Crippen LogP contribution in [0.25, 0.3) is 0 Å². The number of carbonyl (C=O) groups excluding carboxylic acids is 1. The van der Waals surface area contributed by atoms with Gasteiger partial charge in [0.25, 0.3) is 11.6 Å². The monoisotopic (exact) mass is 341 g/mol. The second kappa shape index (κ2) is 7.51. The molecule has 0 bridgehead atoms. The lowest BCUT2D eigenvalue weighted by molar-refractivity contribution is -0.384. The summed E-state index contributed by atoms with van der Waals surface area (Å²) in [4.78, 5) is 22.3. The second-order valence-electron chi connectivity index (χ2n) is 5.19. The van der Waals surface area contributed by atoms with Crippen LogP contribution in [0.2, 0.25) is 5.02 Å². The van der Waals surface area contributed by atoms with E-state index in [1.807, 2.05) is 0 Å². The molecule has 1 fully saturated rings. The molecule has 1 aromatic rings. The molecular weight excluding hydrogens is 326 g/mol. The van der Waals surface area contributed by atoms with Gasteiger partial charge in [0.1, 0.15) is 5.02 Å². The summed E-state index contributed by atoms with van der Waals surface area (Å²) in [5, 5.41) is 16.7. The molecule has 2 N–H and O–H groups in total. The molecule has 8 heteroatoms. The number of rotatable bonds is 3. The Balaban J connectivity index is 1.98. The number of hydrogen-bond acceptors (Lipinski definition) is 4. The Morgan fingerprint density at radius 2 is 2.00 bits per heavy atom. The number of nitrogens with one attached hydrogen (secondary N) is 2. The van der Waals surface area contributed by atoms with Crippen molar-refractivity contribution < 1.29 is 9.72 Å². The first kappa shape index (κ1) is 16.6. The van der Waals surface area contributed by atoms with Crippen LogP contribution >= 0.6 is 23.8 Å². The zero-order valence-electron chi connectivity index (χ0n) is 11.8. The average molecular weight is 342 g/mol. The molecule has 0 aromatic heterocycles. The van der Waals surface area contributed by atoms with Gasteiger partial charge in [0.05, 0.1) is 4.92 Å². The van der Waals surface area contributed by atoms with E-state index >= 15 is 0 Å². The maximum atomic E-state index is 12.1. The van der Waals surface area contributed by atoms with E-state index in [2.05, 4.69) is 10.6 Å². The van der Waals surface area contributed by atoms with Crippen LogP contribution in [0.1, 0.15) is 42.5 Å². The van der Waals surface area contributed by atoms with E-state index in [0.717, 1.165) is 31.7 Å². The molecule has 118 valence electrons. The number of nitro benzene ring substituents is 1. The first-order valence-electron chi connectivity index (χ1n) is 7.03. The summed E-state index contributed by atoms with van der Waals surface area (Å²) in [7, 11) is 0. The van der Waals surface area contributed by atoms with Crippen molar-refractivity contribution in [3.8, 4) is 0 Å². The van der Waals surface area contributed by atoms with Gasteiger partial charge in [-0.3, -0.25) is 20.2 Å². The number of carbonyl (C=O) groups is 1. The van der Waals surface area contributed by atoms with Gasteiger partial charge >= 0.3 is 0 Å². The highest BCUT2D eigenvalue weighted by Gasteiger charge is 2.18. The van der Waals surface area contributed by atoms with E-state index in [0.29, 0.717) is 0 Å². The summed E-state index contributed by atoms with van der Waals surface area (Å²) in [6.07, 6.45) is 5.59. The van der Waals surface area contributed by atoms with Crippen molar-refractivity contribution in [3.63, 3.8) is 0 Å². The van der Waals surface area contributed by atoms with Crippen LogP contribution in [0.3, 0.4) is 0 Å². The SMILES string of the molecule is O=C(NC(=S)NC1CCCCC1)c1ccc(Cl)c([N+](=O)[O-])c1. The Morgan fingerprint density at radius 1 is 1.32 bits per heavy atom. The topological polar surface area (TPSA) is 84.3 Å². The maximum absolute atomic E-state index is 12.1. The molecule has 22 heavy (non-hydrogen) atoms. The lowest BCUT2D eigenvalue weighted by atomic mass is 9.96. The van der Waals surface area contributed by atoms with Crippen molar-refractivity contribution in [2.75, 3.05) is 0 Å². The number of nitro groups is 1. The van der Waals surface area contributed by atoms with Gasteiger partial charge in [-0.05, 0) is 37.2 Å². The molecule has 1 aliphatic rings. The van der Waals surface area contributed by atoms with Gasteiger partial charge in [0.15, 0.2) is 5.11 Å². The molecule has 0 heterocycles. The molecule has 0 spiro atoms. The van der Waals surface area contributed by atoms with Gasteiger partial charge in [-0.1, -0.05) is 30.9 Å². The number of hydrogen-bond donors (Lipinski definition) is 2. The van der Waals surface area contributed by atoms with E-state index in [1.54, 1.807) is 0 Å². The molecule has 2 rings (SSSR count). The zero-order chi connectivity index (χ0) is 16.1. The van der Waals surface area contributed by atoms with Crippen molar-refractivity contribution in [1.29, 1.82) is 0 Å². The standard InChI is InChI=1S/C14H16ClN3O3S/c15-11-7-6-9(8-12(11)18(20)21)13(19)17-14(22)16-10-4-2-1-3-5-10/h6-8,10H,1-5H2,(H2,16,17,19,22). The third kappa shape index (κ3) is 4.38. The normalized spacial score (nSPS) is 15.1. The molecule has 6 nitrogen and oxygen atoms in total. The Labute approximate surface area is 138 Å². The second-order valence-corrected chi connectivity index (χ2v) is 6.00. The number of benzene rings is 1. The van der Waals surface area contributed by atoms with Gasteiger partial charge in [-0.2, -0.15) is 0 Å². The van der Waals surface area contributed by atoms with Crippen LogP contribution in [0.4, 0.5) is 5.69 Å². The zero-order valence-corrected chi connectivity index (χ0v) is 13.4. The van der Waals surface area contributed by atoms with Crippen LogP contribution in [-0.2, 0) is 0 Å². The van der Waals surface area contributed by atoms with E-state index in [9.17, 15) is 14.9 Å². The first-order valence-corrected chi connectivity index (χ1v) is 7.82. The minimum atomic E-state index is -0.627. The largest absolute Gasteiger partial charge is 0.360 e. The third-order valence-corrected chi connectivity index (χ3v) is 4.11. The van der Waals surface area contributed by atoms with Crippen molar-refractivity contribution in [1.82, 2.24) is 10.6 Å².